The minimum Gasteiger partial charge on any atom is -0.423 e. The predicted octanol–water partition coefficient (Wildman–Crippen LogP) is 5.46. The van der Waals surface area contributed by atoms with Gasteiger partial charge in [0.05, 0.1) is 10.6 Å². The summed E-state index contributed by atoms with van der Waals surface area (Å²) in [5, 5.41) is -0.595. The molecule has 4 aromatic rings. The van der Waals surface area contributed by atoms with E-state index in [4.69, 9.17) is 27.6 Å². The minimum atomic E-state index is -4.28. The van der Waals surface area contributed by atoms with Gasteiger partial charge in [0, 0.05) is 15.6 Å². The number of oxazole rings is 1. The normalized spacial score (nSPS) is 12.1. The molecule has 0 N–H and O–H groups in total. The Hall–Kier alpha value is -2.65. The SMILES string of the molecule is O=S(=O)(Cc1cccc(Cl)c1)c1oc(-c2ccc(Cl)cc2)nc1S(=O)(=O)c1ccccc1. The lowest BCUT2D eigenvalue weighted by atomic mass is 10.2. The van der Waals surface area contributed by atoms with E-state index in [1.165, 1.54) is 30.3 Å². The first-order chi connectivity index (χ1) is 15.2. The summed E-state index contributed by atoms with van der Waals surface area (Å²) in [5.41, 5.74) is 0.758. The smallest absolute Gasteiger partial charge is 0.258 e. The summed E-state index contributed by atoms with van der Waals surface area (Å²) in [6, 6.07) is 20.0. The molecular formula is C22H15Cl2NO5S2. The van der Waals surface area contributed by atoms with Gasteiger partial charge in [-0.2, -0.15) is 4.98 Å². The molecule has 10 heteroatoms. The predicted molar refractivity (Wildman–Crippen MR) is 121 cm³/mol. The first-order valence-corrected chi connectivity index (χ1v) is 13.1. The van der Waals surface area contributed by atoms with Gasteiger partial charge in [-0.1, -0.05) is 53.5 Å². The summed E-state index contributed by atoms with van der Waals surface area (Å²) < 4.78 is 58.6. The molecule has 6 nitrogen and oxygen atoms in total. The summed E-state index contributed by atoms with van der Waals surface area (Å²) in [6.07, 6.45) is 0. The van der Waals surface area contributed by atoms with Gasteiger partial charge in [-0.15, -0.1) is 0 Å². The van der Waals surface area contributed by atoms with Gasteiger partial charge < -0.3 is 4.42 Å². The van der Waals surface area contributed by atoms with Crippen molar-refractivity contribution in [3.05, 3.63) is 94.5 Å². The van der Waals surface area contributed by atoms with Gasteiger partial charge >= 0.3 is 0 Å². The number of sulfone groups is 2. The maximum atomic E-state index is 13.3. The summed E-state index contributed by atoms with van der Waals surface area (Å²) in [5.74, 6) is -0.666. The Morgan fingerprint density at radius 1 is 0.781 bits per heavy atom. The molecule has 0 bridgehead atoms. The summed E-state index contributed by atoms with van der Waals surface area (Å²) in [4.78, 5) is 3.98. The molecule has 0 aliphatic carbocycles. The van der Waals surface area contributed by atoms with Crippen LogP contribution in [-0.4, -0.2) is 21.8 Å². The fourth-order valence-corrected chi connectivity index (χ4v) is 6.52. The topological polar surface area (TPSA) is 94.3 Å². The molecule has 0 unspecified atom stereocenters. The van der Waals surface area contributed by atoms with Gasteiger partial charge in [0.1, 0.15) is 0 Å². The second-order valence-corrected chi connectivity index (χ2v) is 11.5. The van der Waals surface area contributed by atoms with Gasteiger partial charge in [0.15, 0.2) is 0 Å². The second kappa shape index (κ2) is 8.71. The molecule has 1 heterocycles. The maximum absolute atomic E-state index is 13.3. The van der Waals surface area contributed by atoms with Crippen molar-refractivity contribution in [3.8, 4) is 11.5 Å². The molecule has 0 atom stereocenters. The van der Waals surface area contributed by atoms with Crippen molar-refractivity contribution in [2.45, 2.75) is 20.8 Å². The molecule has 164 valence electrons. The molecule has 4 rings (SSSR count). The number of benzene rings is 3. The fourth-order valence-electron chi connectivity index (χ4n) is 3.00. The summed E-state index contributed by atoms with van der Waals surface area (Å²) in [6.45, 7) is 0. The average molecular weight is 508 g/mol. The molecule has 0 fully saturated rings. The van der Waals surface area contributed by atoms with Crippen molar-refractivity contribution >= 4 is 42.9 Å². The van der Waals surface area contributed by atoms with E-state index >= 15 is 0 Å². The van der Waals surface area contributed by atoms with E-state index in [-0.39, 0.29) is 10.8 Å². The molecule has 0 amide bonds. The Kier molecular flexibility index (Phi) is 6.13. The molecule has 1 aromatic heterocycles. The van der Waals surface area contributed by atoms with Crippen LogP contribution in [0.4, 0.5) is 0 Å². The third-order valence-electron chi connectivity index (χ3n) is 4.49. The average Bonchev–Trinajstić information content (AvgIpc) is 3.22. The molecular weight excluding hydrogens is 493 g/mol. The summed E-state index contributed by atoms with van der Waals surface area (Å²) in [7, 11) is -8.52. The van der Waals surface area contributed by atoms with E-state index in [9.17, 15) is 16.8 Å². The van der Waals surface area contributed by atoms with Crippen LogP contribution in [0, 0.1) is 0 Å². The van der Waals surface area contributed by atoms with Gasteiger partial charge in [0.25, 0.3) is 5.09 Å². The zero-order valence-electron chi connectivity index (χ0n) is 16.3. The van der Waals surface area contributed by atoms with Crippen molar-refractivity contribution in [2.24, 2.45) is 0 Å². The van der Waals surface area contributed by atoms with Gasteiger partial charge in [-0.3, -0.25) is 0 Å². The van der Waals surface area contributed by atoms with Crippen LogP contribution in [0.3, 0.4) is 0 Å². The lowest BCUT2D eigenvalue weighted by Crippen LogP contribution is -2.11. The van der Waals surface area contributed by atoms with Crippen molar-refractivity contribution in [1.82, 2.24) is 4.98 Å². The van der Waals surface area contributed by atoms with Crippen molar-refractivity contribution < 1.29 is 21.3 Å². The molecule has 3 aromatic carbocycles. The van der Waals surface area contributed by atoms with E-state index in [1.807, 2.05) is 0 Å². The second-order valence-electron chi connectivity index (χ2n) is 6.82. The first kappa shape index (κ1) is 22.5. The Morgan fingerprint density at radius 3 is 2.12 bits per heavy atom. The van der Waals surface area contributed by atoms with Crippen molar-refractivity contribution in [2.75, 3.05) is 0 Å². The van der Waals surface area contributed by atoms with E-state index in [2.05, 4.69) is 4.98 Å². The maximum Gasteiger partial charge on any atom is 0.258 e. The molecule has 0 saturated heterocycles. The third-order valence-corrected chi connectivity index (χ3v) is 8.34. The van der Waals surface area contributed by atoms with Crippen molar-refractivity contribution in [1.29, 1.82) is 0 Å². The fraction of sp³-hybridized carbons (Fsp3) is 0.0455. The number of aromatic nitrogens is 1. The van der Waals surface area contributed by atoms with Gasteiger partial charge in [-0.25, -0.2) is 16.8 Å². The van der Waals surface area contributed by atoms with Crippen LogP contribution in [0.25, 0.3) is 11.5 Å². The lowest BCUT2D eigenvalue weighted by molar-refractivity contribution is 0.444. The monoisotopic (exact) mass is 507 g/mol. The van der Waals surface area contributed by atoms with Crippen LogP contribution in [0.1, 0.15) is 5.56 Å². The zero-order chi connectivity index (χ0) is 22.9. The Labute approximate surface area is 195 Å². The molecule has 0 radical (unpaired) electrons. The highest BCUT2D eigenvalue weighted by Crippen LogP contribution is 2.33. The van der Waals surface area contributed by atoms with E-state index in [0.29, 0.717) is 21.2 Å². The van der Waals surface area contributed by atoms with Crippen LogP contribution in [0.5, 0.6) is 0 Å². The Balaban J connectivity index is 1.89. The zero-order valence-corrected chi connectivity index (χ0v) is 19.4. The molecule has 32 heavy (non-hydrogen) atoms. The number of halogens is 2. The van der Waals surface area contributed by atoms with Crippen molar-refractivity contribution in [3.63, 3.8) is 0 Å². The van der Waals surface area contributed by atoms with E-state index in [0.717, 1.165) is 0 Å². The van der Waals surface area contributed by atoms with Crippen LogP contribution in [0.2, 0.25) is 10.0 Å². The van der Waals surface area contributed by atoms with Gasteiger partial charge in [0.2, 0.25) is 30.6 Å². The summed E-state index contributed by atoms with van der Waals surface area (Å²) >= 11 is 11.9. The quantitative estimate of drug-likeness (QED) is 0.344. The van der Waals surface area contributed by atoms with Crippen LogP contribution in [0.15, 0.2) is 98.3 Å². The first-order valence-electron chi connectivity index (χ1n) is 9.21. The number of hydrogen-bond donors (Lipinski definition) is 0. The molecule has 0 aliphatic heterocycles. The standard InChI is InChI=1S/C22H15Cl2NO5S2/c23-17-11-9-16(10-12-17)20-25-21(32(28,29)19-7-2-1-3-8-19)22(30-20)31(26,27)14-15-5-4-6-18(24)13-15/h1-13H,14H2. The van der Waals surface area contributed by atoms with Gasteiger partial charge in [-0.05, 0) is 54.1 Å². The highest BCUT2D eigenvalue weighted by atomic mass is 35.5. The highest BCUT2D eigenvalue weighted by Gasteiger charge is 2.35. The van der Waals surface area contributed by atoms with E-state index < -0.39 is 35.5 Å². The molecule has 0 saturated carbocycles. The number of rotatable bonds is 6. The lowest BCUT2D eigenvalue weighted by Gasteiger charge is -2.05. The third kappa shape index (κ3) is 4.59. The molecule has 0 aliphatic rings. The highest BCUT2D eigenvalue weighted by molar-refractivity contribution is 7.94. The Morgan fingerprint density at radius 2 is 1.47 bits per heavy atom. The minimum absolute atomic E-state index is 0.102. The number of nitrogens with zero attached hydrogens (tertiary/aromatic N) is 1. The number of hydrogen-bond acceptors (Lipinski definition) is 6. The van der Waals surface area contributed by atoms with Crippen LogP contribution in [-0.2, 0) is 25.4 Å². The van der Waals surface area contributed by atoms with E-state index in [1.54, 1.807) is 48.5 Å². The molecule has 0 spiro atoms. The van der Waals surface area contributed by atoms with Crippen LogP contribution >= 0.6 is 23.2 Å². The Bertz CT molecular complexity index is 1480. The van der Waals surface area contributed by atoms with Crippen LogP contribution < -0.4 is 0 Å². The largest absolute Gasteiger partial charge is 0.423 e.